The molecule has 3 rings (SSSR count). The lowest BCUT2D eigenvalue weighted by atomic mass is 10.2. The van der Waals surface area contributed by atoms with Crippen LogP contribution in [-0.4, -0.2) is 19.6 Å². The maximum atomic E-state index is 13.1. The minimum Gasteiger partial charge on any atom is -0.390 e. The van der Waals surface area contributed by atoms with E-state index in [1.165, 1.54) is 36.0 Å². The quantitative estimate of drug-likeness (QED) is 0.387. The third-order valence-electron chi connectivity index (χ3n) is 3.71. The number of aromatic nitrogens is 2. The van der Waals surface area contributed by atoms with Crippen molar-refractivity contribution < 1.29 is 14.4 Å². The van der Waals surface area contributed by atoms with E-state index in [1.807, 2.05) is 10.6 Å². The standard InChI is InChI=1S/C18H16FN3O3S/c19-15-6-4-13(5-7-15)9-21-10-16(11-23)20-18(21)26-12-14-2-1-3-17(8-14)22(24)25/h1-8,10,23H,9,11-12H2. The predicted octanol–water partition coefficient (Wildman–Crippen LogP) is 3.76. The van der Waals surface area contributed by atoms with E-state index in [9.17, 15) is 19.6 Å². The average Bonchev–Trinajstić information content (AvgIpc) is 3.04. The molecule has 0 spiro atoms. The topological polar surface area (TPSA) is 81.2 Å². The molecule has 0 saturated heterocycles. The van der Waals surface area contributed by atoms with E-state index in [1.54, 1.807) is 24.4 Å². The van der Waals surface area contributed by atoms with Crippen LogP contribution in [-0.2, 0) is 18.9 Å². The van der Waals surface area contributed by atoms with Crippen LogP contribution in [0.4, 0.5) is 10.1 Å². The molecule has 0 aliphatic carbocycles. The average molecular weight is 373 g/mol. The van der Waals surface area contributed by atoms with Crippen LogP contribution in [0.2, 0.25) is 0 Å². The number of nitrogens with zero attached hydrogens (tertiary/aromatic N) is 3. The third-order valence-corrected chi connectivity index (χ3v) is 4.77. The van der Waals surface area contributed by atoms with Gasteiger partial charge in [-0.3, -0.25) is 10.1 Å². The van der Waals surface area contributed by atoms with E-state index in [0.29, 0.717) is 23.1 Å². The molecule has 0 unspecified atom stereocenters. The molecule has 2 aromatic carbocycles. The highest BCUT2D eigenvalue weighted by Gasteiger charge is 2.11. The van der Waals surface area contributed by atoms with Crippen molar-refractivity contribution in [3.8, 4) is 0 Å². The van der Waals surface area contributed by atoms with Crippen molar-refractivity contribution in [1.29, 1.82) is 0 Å². The molecule has 0 aliphatic heterocycles. The van der Waals surface area contributed by atoms with Crippen molar-refractivity contribution in [2.75, 3.05) is 0 Å². The molecule has 0 bridgehead atoms. The molecule has 1 N–H and O–H groups in total. The summed E-state index contributed by atoms with van der Waals surface area (Å²) in [4.78, 5) is 14.8. The number of rotatable bonds is 7. The summed E-state index contributed by atoms with van der Waals surface area (Å²) in [6, 6.07) is 12.6. The first kappa shape index (κ1) is 18.1. The monoisotopic (exact) mass is 373 g/mol. The van der Waals surface area contributed by atoms with E-state index in [0.717, 1.165) is 11.1 Å². The maximum Gasteiger partial charge on any atom is 0.269 e. The Balaban J connectivity index is 1.76. The van der Waals surface area contributed by atoms with Gasteiger partial charge in [0.05, 0.1) is 17.2 Å². The minimum atomic E-state index is -0.423. The van der Waals surface area contributed by atoms with Crippen LogP contribution in [0.5, 0.6) is 0 Å². The van der Waals surface area contributed by atoms with Crippen LogP contribution in [0.3, 0.4) is 0 Å². The Morgan fingerprint density at radius 2 is 1.96 bits per heavy atom. The highest BCUT2D eigenvalue weighted by molar-refractivity contribution is 7.98. The number of aliphatic hydroxyl groups excluding tert-OH is 1. The normalized spacial score (nSPS) is 10.8. The highest BCUT2D eigenvalue weighted by Crippen LogP contribution is 2.25. The summed E-state index contributed by atoms with van der Waals surface area (Å²) in [5, 5.41) is 20.9. The molecule has 26 heavy (non-hydrogen) atoms. The molecule has 0 saturated carbocycles. The van der Waals surface area contributed by atoms with Gasteiger partial charge in [0, 0.05) is 30.6 Å². The largest absolute Gasteiger partial charge is 0.390 e. The summed E-state index contributed by atoms with van der Waals surface area (Å²) >= 11 is 1.42. The number of nitro benzene ring substituents is 1. The molecular weight excluding hydrogens is 357 g/mol. The Hall–Kier alpha value is -2.71. The number of imidazole rings is 1. The Bertz CT molecular complexity index is 912. The summed E-state index contributed by atoms with van der Waals surface area (Å²) in [6.45, 7) is 0.311. The molecule has 134 valence electrons. The van der Waals surface area contributed by atoms with Gasteiger partial charge in [0.2, 0.25) is 0 Å². The number of hydrogen-bond acceptors (Lipinski definition) is 5. The molecular formula is C18H16FN3O3S. The summed E-state index contributed by atoms with van der Waals surface area (Å²) in [5.74, 6) is 0.211. The molecule has 8 heteroatoms. The van der Waals surface area contributed by atoms with Crippen molar-refractivity contribution in [3.63, 3.8) is 0 Å². The van der Waals surface area contributed by atoms with Gasteiger partial charge in [-0.2, -0.15) is 0 Å². The number of aliphatic hydroxyl groups is 1. The van der Waals surface area contributed by atoms with Gasteiger partial charge in [-0.05, 0) is 23.3 Å². The highest BCUT2D eigenvalue weighted by atomic mass is 32.2. The van der Waals surface area contributed by atoms with Gasteiger partial charge in [-0.1, -0.05) is 36.0 Å². The van der Waals surface area contributed by atoms with Crippen LogP contribution in [0, 0.1) is 15.9 Å². The van der Waals surface area contributed by atoms with Crippen LogP contribution in [0.15, 0.2) is 59.9 Å². The van der Waals surface area contributed by atoms with E-state index in [2.05, 4.69) is 4.98 Å². The van der Waals surface area contributed by atoms with E-state index in [-0.39, 0.29) is 18.1 Å². The summed E-state index contributed by atoms with van der Waals surface area (Å²) in [6.07, 6.45) is 1.75. The molecule has 6 nitrogen and oxygen atoms in total. The van der Waals surface area contributed by atoms with Crippen molar-refractivity contribution in [2.24, 2.45) is 0 Å². The molecule has 3 aromatic rings. The van der Waals surface area contributed by atoms with Crippen LogP contribution < -0.4 is 0 Å². The fraction of sp³-hybridized carbons (Fsp3) is 0.167. The molecule has 0 fully saturated rings. The Morgan fingerprint density at radius 1 is 1.19 bits per heavy atom. The molecule has 1 heterocycles. The van der Waals surface area contributed by atoms with Gasteiger partial charge in [-0.25, -0.2) is 9.37 Å². The lowest BCUT2D eigenvalue weighted by molar-refractivity contribution is -0.384. The van der Waals surface area contributed by atoms with Gasteiger partial charge in [0.1, 0.15) is 5.82 Å². The number of thioether (sulfide) groups is 1. The van der Waals surface area contributed by atoms with Gasteiger partial charge in [-0.15, -0.1) is 0 Å². The van der Waals surface area contributed by atoms with Gasteiger partial charge in [0.15, 0.2) is 5.16 Å². The lowest BCUT2D eigenvalue weighted by Gasteiger charge is -2.08. The zero-order chi connectivity index (χ0) is 18.5. The van der Waals surface area contributed by atoms with Crippen molar-refractivity contribution in [2.45, 2.75) is 24.1 Å². The zero-order valence-electron chi connectivity index (χ0n) is 13.7. The second kappa shape index (κ2) is 8.11. The second-order valence-electron chi connectivity index (χ2n) is 5.64. The molecule has 0 atom stereocenters. The number of non-ortho nitro benzene ring substituents is 1. The van der Waals surface area contributed by atoms with Crippen molar-refractivity contribution >= 4 is 17.4 Å². The first-order valence-electron chi connectivity index (χ1n) is 7.82. The Kier molecular flexibility index (Phi) is 5.65. The molecule has 0 aliphatic rings. The van der Waals surface area contributed by atoms with E-state index >= 15 is 0 Å². The van der Waals surface area contributed by atoms with Gasteiger partial charge in [0.25, 0.3) is 5.69 Å². The number of nitro groups is 1. The Labute approximate surface area is 153 Å². The SMILES string of the molecule is O=[N+]([O-])c1cccc(CSc2nc(CO)cn2Cc2ccc(F)cc2)c1. The summed E-state index contributed by atoms with van der Waals surface area (Å²) in [7, 11) is 0. The van der Waals surface area contributed by atoms with Crippen molar-refractivity contribution in [3.05, 3.63) is 87.5 Å². The van der Waals surface area contributed by atoms with Crippen molar-refractivity contribution in [1.82, 2.24) is 9.55 Å². The van der Waals surface area contributed by atoms with Gasteiger partial charge < -0.3 is 9.67 Å². The molecule has 1 aromatic heterocycles. The first-order chi connectivity index (χ1) is 12.5. The fourth-order valence-electron chi connectivity index (χ4n) is 2.45. The van der Waals surface area contributed by atoms with Gasteiger partial charge >= 0.3 is 0 Å². The molecule has 0 radical (unpaired) electrons. The number of benzene rings is 2. The molecule has 0 amide bonds. The predicted molar refractivity (Wildman–Crippen MR) is 96.3 cm³/mol. The Morgan fingerprint density at radius 3 is 2.65 bits per heavy atom. The number of halogens is 1. The second-order valence-corrected chi connectivity index (χ2v) is 6.59. The van der Waals surface area contributed by atoms with E-state index < -0.39 is 4.92 Å². The first-order valence-corrected chi connectivity index (χ1v) is 8.81. The maximum absolute atomic E-state index is 13.1. The van der Waals surface area contributed by atoms with Crippen LogP contribution in [0.25, 0.3) is 0 Å². The smallest absolute Gasteiger partial charge is 0.269 e. The number of hydrogen-bond donors (Lipinski definition) is 1. The lowest BCUT2D eigenvalue weighted by Crippen LogP contribution is -2.00. The zero-order valence-corrected chi connectivity index (χ0v) is 14.5. The summed E-state index contributed by atoms with van der Waals surface area (Å²) in [5.41, 5.74) is 2.30. The minimum absolute atomic E-state index is 0.0498. The van der Waals surface area contributed by atoms with Crippen LogP contribution in [0.1, 0.15) is 16.8 Å². The fourth-order valence-corrected chi connectivity index (χ4v) is 3.39. The summed E-state index contributed by atoms with van der Waals surface area (Å²) < 4.78 is 14.9. The third kappa shape index (κ3) is 4.47. The van der Waals surface area contributed by atoms with Crippen LogP contribution >= 0.6 is 11.8 Å². The van der Waals surface area contributed by atoms with E-state index in [4.69, 9.17) is 0 Å².